The number of aromatic nitrogens is 6. The molecule has 5 aromatic rings. The van der Waals surface area contributed by atoms with Gasteiger partial charge in [-0.3, -0.25) is 4.68 Å². The van der Waals surface area contributed by atoms with Gasteiger partial charge in [-0.15, -0.1) is 0 Å². The molecule has 0 radical (unpaired) electrons. The Bertz CT molecular complexity index is 1370. The summed E-state index contributed by atoms with van der Waals surface area (Å²) in [5, 5.41) is 11.9. The molecule has 0 fully saturated rings. The zero-order valence-electron chi connectivity index (χ0n) is 17.8. The van der Waals surface area contributed by atoms with Gasteiger partial charge in [0.1, 0.15) is 17.4 Å². The number of hydrogen-bond acceptors (Lipinski definition) is 6. The minimum Gasteiger partial charge on any atom is -0.368 e. The first-order valence-corrected chi connectivity index (χ1v) is 10.9. The van der Waals surface area contributed by atoms with E-state index in [9.17, 15) is 0 Å². The summed E-state index contributed by atoms with van der Waals surface area (Å²) >= 11 is 6.05. The number of H-pyrrole nitrogens is 1. The van der Waals surface area contributed by atoms with Gasteiger partial charge < -0.3 is 15.6 Å². The zero-order valence-corrected chi connectivity index (χ0v) is 18.6. The Morgan fingerprint density at radius 2 is 1.91 bits per heavy atom. The summed E-state index contributed by atoms with van der Waals surface area (Å²) in [6.07, 6.45) is 4.22. The van der Waals surface area contributed by atoms with Crippen molar-refractivity contribution in [2.75, 3.05) is 17.2 Å². The fourth-order valence-electron chi connectivity index (χ4n) is 3.67. The van der Waals surface area contributed by atoms with Crippen molar-refractivity contribution in [3.8, 4) is 0 Å². The van der Waals surface area contributed by atoms with Gasteiger partial charge in [0.15, 0.2) is 5.82 Å². The number of nitrogens with one attached hydrogen (secondary N) is 3. The van der Waals surface area contributed by atoms with E-state index in [4.69, 9.17) is 11.6 Å². The molecule has 3 N–H and O–H groups in total. The average Bonchev–Trinajstić information content (AvgIpc) is 3.39. The van der Waals surface area contributed by atoms with E-state index in [1.807, 2.05) is 35.0 Å². The number of imidazole rings is 1. The summed E-state index contributed by atoms with van der Waals surface area (Å²) < 4.78 is 1.95. The number of aromatic amines is 1. The molecule has 0 atom stereocenters. The highest BCUT2D eigenvalue weighted by molar-refractivity contribution is 6.31. The van der Waals surface area contributed by atoms with Crippen LogP contribution in [0.15, 0.2) is 55.0 Å². The SMILES string of the molecule is CC(C)n1ncc2ncnc(NCCc3ccc(Nc4nc5ccc(Cl)cc5[nH]4)cc3)c21. The predicted octanol–water partition coefficient (Wildman–Crippen LogP) is 5.34. The molecule has 3 heterocycles. The van der Waals surface area contributed by atoms with Crippen LogP contribution < -0.4 is 10.6 Å². The van der Waals surface area contributed by atoms with Crippen molar-refractivity contribution in [1.29, 1.82) is 0 Å². The molecule has 0 spiro atoms. The van der Waals surface area contributed by atoms with E-state index in [0.717, 1.165) is 46.5 Å². The highest BCUT2D eigenvalue weighted by atomic mass is 35.5. The molecule has 0 aliphatic heterocycles. The summed E-state index contributed by atoms with van der Waals surface area (Å²) in [5.41, 5.74) is 5.75. The van der Waals surface area contributed by atoms with E-state index in [1.54, 1.807) is 12.5 Å². The summed E-state index contributed by atoms with van der Waals surface area (Å²) in [6.45, 7) is 4.95. The first-order valence-electron chi connectivity index (χ1n) is 10.5. The average molecular weight is 447 g/mol. The van der Waals surface area contributed by atoms with Crippen LogP contribution in [0.25, 0.3) is 22.1 Å². The molecule has 162 valence electrons. The quantitative estimate of drug-likeness (QED) is 0.312. The Morgan fingerprint density at radius 1 is 1.06 bits per heavy atom. The van der Waals surface area contributed by atoms with Crippen LogP contribution in [-0.4, -0.2) is 36.3 Å². The second kappa shape index (κ2) is 8.47. The first-order chi connectivity index (χ1) is 15.6. The maximum Gasteiger partial charge on any atom is 0.205 e. The molecule has 5 rings (SSSR count). The topological polar surface area (TPSA) is 96.3 Å². The van der Waals surface area contributed by atoms with Crippen LogP contribution in [0.4, 0.5) is 17.5 Å². The second-order valence-electron chi connectivity index (χ2n) is 7.88. The van der Waals surface area contributed by atoms with Gasteiger partial charge >= 0.3 is 0 Å². The molecule has 2 aromatic carbocycles. The third-order valence-electron chi connectivity index (χ3n) is 5.24. The van der Waals surface area contributed by atoms with E-state index in [-0.39, 0.29) is 6.04 Å². The molecule has 32 heavy (non-hydrogen) atoms. The summed E-state index contributed by atoms with van der Waals surface area (Å²) in [7, 11) is 0. The van der Waals surface area contributed by atoms with Gasteiger partial charge in [0.05, 0.1) is 17.2 Å². The number of benzene rings is 2. The van der Waals surface area contributed by atoms with Crippen LogP contribution in [0.2, 0.25) is 5.02 Å². The van der Waals surface area contributed by atoms with Crippen LogP contribution in [0.1, 0.15) is 25.5 Å². The third kappa shape index (κ3) is 4.09. The number of rotatable bonds is 7. The number of halogens is 1. The smallest absolute Gasteiger partial charge is 0.205 e. The molecule has 9 heteroatoms. The van der Waals surface area contributed by atoms with Crippen LogP contribution in [-0.2, 0) is 6.42 Å². The number of anilines is 3. The van der Waals surface area contributed by atoms with Crippen LogP contribution >= 0.6 is 11.6 Å². The lowest BCUT2D eigenvalue weighted by Crippen LogP contribution is -2.10. The van der Waals surface area contributed by atoms with E-state index in [1.165, 1.54) is 5.56 Å². The van der Waals surface area contributed by atoms with Gasteiger partial charge in [0.25, 0.3) is 0 Å². The first kappa shape index (κ1) is 20.3. The number of nitrogens with zero attached hydrogens (tertiary/aromatic N) is 5. The van der Waals surface area contributed by atoms with Crippen molar-refractivity contribution in [2.24, 2.45) is 0 Å². The maximum atomic E-state index is 6.05. The molecule has 0 aliphatic rings. The molecular formula is C23H23ClN8. The summed E-state index contributed by atoms with van der Waals surface area (Å²) in [6, 6.07) is 14.1. The van der Waals surface area contributed by atoms with Gasteiger partial charge in [-0.1, -0.05) is 23.7 Å². The van der Waals surface area contributed by atoms with Gasteiger partial charge in [0, 0.05) is 23.3 Å². The normalized spacial score (nSPS) is 11.5. The Labute approximate surface area is 190 Å². The molecule has 0 saturated carbocycles. The van der Waals surface area contributed by atoms with Gasteiger partial charge in [-0.05, 0) is 56.2 Å². The minimum absolute atomic E-state index is 0.239. The Kier molecular flexibility index (Phi) is 5.36. The lowest BCUT2D eigenvalue weighted by molar-refractivity contribution is 0.550. The van der Waals surface area contributed by atoms with Crippen LogP contribution in [0, 0.1) is 0 Å². The summed E-state index contributed by atoms with van der Waals surface area (Å²) in [4.78, 5) is 16.5. The van der Waals surface area contributed by atoms with Crippen molar-refractivity contribution in [3.05, 3.63) is 65.6 Å². The Morgan fingerprint density at radius 3 is 2.72 bits per heavy atom. The molecule has 0 amide bonds. The maximum absolute atomic E-state index is 6.05. The van der Waals surface area contributed by atoms with Gasteiger partial charge in [0.2, 0.25) is 5.95 Å². The molecule has 3 aromatic heterocycles. The second-order valence-corrected chi connectivity index (χ2v) is 8.32. The Balaban J connectivity index is 1.23. The van der Waals surface area contributed by atoms with Crippen molar-refractivity contribution in [2.45, 2.75) is 26.3 Å². The fourth-order valence-corrected chi connectivity index (χ4v) is 3.84. The predicted molar refractivity (Wildman–Crippen MR) is 129 cm³/mol. The van der Waals surface area contributed by atoms with Gasteiger partial charge in [-0.2, -0.15) is 5.10 Å². The molecule has 0 unspecified atom stereocenters. The van der Waals surface area contributed by atoms with Crippen LogP contribution in [0.5, 0.6) is 0 Å². The lowest BCUT2D eigenvalue weighted by Gasteiger charge is -2.11. The van der Waals surface area contributed by atoms with Crippen molar-refractivity contribution < 1.29 is 0 Å². The van der Waals surface area contributed by atoms with Crippen molar-refractivity contribution >= 4 is 51.1 Å². The minimum atomic E-state index is 0.239. The largest absolute Gasteiger partial charge is 0.368 e. The molecular weight excluding hydrogens is 424 g/mol. The van der Waals surface area contributed by atoms with E-state index >= 15 is 0 Å². The Hall–Kier alpha value is -3.65. The summed E-state index contributed by atoms with van der Waals surface area (Å²) in [5.74, 6) is 1.50. The van der Waals surface area contributed by atoms with Crippen LogP contribution in [0.3, 0.4) is 0 Å². The number of hydrogen-bond donors (Lipinski definition) is 3. The third-order valence-corrected chi connectivity index (χ3v) is 5.48. The molecule has 0 saturated heterocycles. The molecule has 0 aliphatic carbocycles. The highest BCUT2D eigenvalue weighted by Gasteiger charge is 2.12. The van der Waals surface area contributed by atoms with E-state index < -0.39 is 0 Å². The van der Waals surface area contributed by atoms with Crippen molar-refractivity contribution in [3.63, 3.8) is 0 Å². The number of fused-ring (bicyclic) bond motifs is 2. The van der Waals surface area contributed by atoms with Crippen molar-refractivity contribution in [1.82, 2.24) is 29.7 Å². The zero-order chi connectivity index (χ0) is 22.1. The molecule has 0 bridgehead atoms. The van der Waals surface area contributed by atoms with E-state index in [2.05, 4.69) is 61.6 Å². The highest BCUT2D eigenvalue weighted by Crippen LogP contribution is 2.23. The van der Waals surface area contributed by atoms with E-state index in [0.29, 0.717) is 11.0 Å². The molecule has 8 nitrogen and oxygen atoms in total. The fraction of sp³-hybridized carbons (Fsp3) is 0.217. The standard InChI is InChI=1S/C23H23ClN8/c1-14(2)32-21-20(12-28-32)26-13-27-22(21)25-10-9-15-3-6-17(7-4-15)29-23-30-18-8-5-16(24)11-19(18)31-23/h3-8,11-14H,9-10H2,1-2H3,(H,25,26,27)(H2,29,30,31). The lowest BCUT2D eigenvalue weighted by atomic mass is 10.1. The van der Waals surface area contributed by atoms with Gasteiger partial charge in [-0.25, -0.2) is 15.0 Å². The monoisotopic (exact) mass is 446 g/mol.